The van der Waals surface area contributed by atoms with E-state index in [1.807, 2.05) is 79.4 Å². The minimum Gasteiger partial charge on any atom is -0.370 e. The highest BCUT2D eigenvalue weighted by molar-refractivity contribution is 9.11. The van der Waals surface area contributed by atoms with Crippen LogP contribution < -0.4 is 31.9 Å². The van der Waals surface area contributed by atoms with Crippen LogP contribution >= 0.6 is 47.8 Å². The lowest BCUT2D eigenvalue weighted by Gasteiger charge is -2.35. The molecule has 66 heavy (non-hydrogen) atoms. The lowest BCUT2D eigenvalue weighted by molar-refractivity contribution is -0.123. The Hall–Kier alpha value is -5.64. The molecule has 0 saturated carbocycles. The number of amides is 3. The molecule has 0 atom stereocenters. The molecule has 3 aliphatic rings. The van der Waals surface area contributed by atoms with Crippen LogP contribution in [0.4, 0.5) is 17.1 Å². The minimum absolute atomic E-state index is 0.00274. The summed E-state index contributed by atoms with van der Waals surface area (Å²) in [7, 11) is 0. The van der Waals surface area contributed by atoms with Crippen molar-refractivity contribution in [2.45, 2.75) is 38.5 Å². The quantitative estimate of drug-likeness (QED) is 0.127. The summed E-state index contributed by atoms with van der Waals surface area (Å²) >= 11 is 10.6. The second-order valence-electron chi connectivity index (χ2n) is 16.6. The smallest absolute Gasteiger partial charge is 0.220 e. The molecule has 0 aliphatic carbocycles. The molecular weight excluding hydrogens is 1030 g/mol. The van der Waals surface area contributed by atoms with Crippen molar-refractivity contribution in [1.29, 1.82) is 0 Å². The first-order valence-corrected chi connectivity index (χ1v) is 24.6. The second kappa shape index (κ2) is 23.2. The molecule has 6 aromatic rings. The maximum absolute atomic E-state index is 11.6. The van der Waals surface area contributed by atoms with Crippen molar-refractivity contribution in [3.63, 3.8) is 0 Å². The lowest BCUT2D eigenvalue weighted by Crippen LogP contribution is -2.39. The molecule has 0 spiro atoms. The SMILES string of the molecule is NC(=O)C1CCN(c2c(-c3ccccc3)cncc2-c2ccccc2)CC1.NC(=O)C1CCN(c2c(Br)cncc2-c2ccccc2)CC1.NC(=O)C1CCN(c2c(Br)cncc2Br)CC1. The number of halogens is 3. The molecule has 3 aromatic heterocycles. The van der Waals surface area contributed by atoms with Crippen molar-refractivity contribution in [3.05, 3.63) is 142 Å². The van der Waals surface area contributed by atoms with Crippen molar-refractivity contribution in [3.8, 4) is 33.4 Å². The molecule has 3 aromatic carbocycles. The summed E-state index contributed by atoms with van der Waals surface area (Å²) in [5.41, 5.74) is 26.5. The van der Waals surface area contributed by atoms with Gasteiger partial charge in [-0.25, -0.2) is 0 Å². The topological polar surface area (TPSA) is 178 Å². The van der Waals surface area contributed by atoms with Crippen LogP contribution in [0.5, 0.6) is 0 Å². The molecule has 6 N–H and O–H groups in total. The third kappa shape index (κ3) is 12.0. The Morgan fingerprint density at radius 3 is 0.985 bits per heavy atom. The van der Waals surface area contributed by atoms with E-state index in [1.54, 1.807) is 12.4 Å². The number of nitrogens with two attached hydrogens (primary N) is 3. The number of nitrogens with zero attached hydrogens (tertiary/aromatic N) is 6. The van der Waals surface area contributed by atoms with E-state index in [2.05, 4.69) is 114 Å². The maximum atomic E-state index is 11.6. The van der Waals surface area contributed by atoms with Crippen LogP contribution in [0.2, 0.25) is 0 Å². The van der Waals surface area contributed by atoms with Gasteiger partial charge < -0.3 is 31.9 Å². The zero-order valence-corrected chi connectivity index (χ0v) is 41.4. The van der Waals surface area contributed by atoms with Crippen molar-refractivity contribution < 1.29 is 14.4 Å². The predicted molar refractivity (Wildman–Crippen MR) is 275 cm³/mol. The average molecular weight is 1080 g/mol. The van der Waals surface area contributed by atoms with Gasteiger partial charge in [0.2, 0.25) is 17.7 Å². The highest BCUT2D eigenvalue weighted by atomic mass is 79.9. The van der Waals surface area contributed by atoms with E-state index in [0.29, 0.717) is 0 Å². The van der Waals surface area contributed by atoms with Crippen LogP contribution in [-0.2, 0) is 14.4 Å². The summed E-state index contributed by atoms with van der Waals surface area (Å²) in [6.07, 6.45) is 16.0. The first-order chi connectivity index (χ1) is 32.0. The van der Waals surface area contributed by atoms with Crippen LogP contribution in [0, 0.1) is 17.8 Å². The van der Waals surface area contributed by atoms with Crippen LogP contribution in [0.25, 0.3) is 33.4 Å². The summed E-state index contributed by atoms with van der Waals surface area (Å²) in [5.74, 6) is -0.559. The second-order valence-corrected chi connectivity index (χ2v) is 19.2. The predicted octanol–water partition coefficient (Wildman–Crippen LogP) is 9.64. The zero-order chi connectivity index (χ0) is 46.6. The summed E-state index contributed by atoms with van der Waals surface area (Å²) in [4.78, 5) is 53.9. The van der Waals surface area contributed by atoms with Crippen LogP contribution in [0.15, 0.2) is 142 Å². The van der Waals surface area contributed by atoms with Gasteiger partial charge in [0.1, 0.15) is 0 Å². The monoisotopic (exact) mass is 1080 g/mol. The van der Waals surface area contributed by atoms with Gasteiger partial charge in [-0.15, -0.1) is 0 Å². The molecule has 342 valence electrons. The van der Waals surface area contributed by atoms with E-state index in [9.17, 15) is 14.4 Å². The van der Waals surface area contributed by atoms with Crippen molar-refractivity contribution in [1.82, 2.24) is 15.0 Å². The normalized spacial score (nSPS) is 15.8. The third-order valence-corrected chi connectivity index (χ3v) is 14.3. The van der Waals surface area contributed by atoms with E-state index in [0.717, 1.165) is 136 Å². The summed E-state index contributed by atoms with van der Waals surface area (Å²) in [5, 5.41) is 0. The van der Waals surface area contributed by atoms with Gasteiger partial charge >= 0.3 is 0 Å². The molecule has 0 unspecified atom stereocenters. The number of benzene rings is 3. The summed E-state index contributed by atoms with van der Waals surface area (Å²) < 4.78 is 2.90. The molecular formula is C51H54Br3N9O3. The Labute approximate surface area is 411 Å². The Bertz CT molecular complexity index is 2490. The Balaban J connectivity index is 0.000000151. The fraction of sp³-hybridized carbons (Fsp3) is 0.294. The van der Waals surface area contributed by atoms with Crippen LogP contribution in [0.1, 0.15) is 38.5 Å². The molecule has 12 nitrogen and oxygen atoms in total. The number of anilines is 3. The number of hydrogen-bond donors (Lipinski definition) is 3. The Morgan fingerprint density at radius 1 is 0.394 bits per heavy atom. The maximum Gasteiger partial charge on any atom is 0.220 e. The van der Waals surface area contributed by atoms with Gasteiger partial charge in [0.25, 0.3) is 0 Å². The number of rotatable bonds is 9. The number of hydrogen-bond acceptors (Lipinski definition) is 9. The average Bonchev–Trinajstić information content (AvgIpc) is 3.35. The molecule has 6 heterocycles. The highest BCUT2D eigenvalue weighted by Gasteiger charge is 2.29. The fourth-order valence-electron chi connectivity index (χ4n) is 8.90. The molecule has 0 radical (unpaired) electrons. The van der Waals surface area contributed by atoms with Gasteiger partial charge in [-0.2, -0.15) is 0 Å². The molecule has 3 saturated heterocycles. The van der Waals surface area contributed by atoms with E-state index in [1.165, 1.54) is 5.69 Å². The minimum atomic E-state index is -0.184. The van der Waals surface area contributed by atoms with E-state index in [4.69, 9.17) is 17.2 Å². The van der Waals surface area contributed by atoms with Gasteiger partial charge in [-0.1, -0.05) is 91.0 Å². The number of primary amides is 3. The largest absolute Gasteiger partial charge is 0.370 e. The van der Waals surface area contributed by atoms with E-state index < -0.39 is 0 Å². The van der Waals surface area contributed by atoms with Crippen molar-refractivity contribution in [2.75, 3.05) is 54.0 Å². The highest BCUT2D eigenvalue weighted by Crippen LogP contribution is 2.41. The first kappa shape index (κ1) is 48.3. The van der Waals surface area contributed by atoms with Crippen molar-refractivity contribution >= 4 is 82.6 Å². The van der Waals surface area contributed by atoms with Gasteiger partial charge in [-0.05, 0) is 103 Å². The van der Waals surface area contributed by atoms with Gasteiger partial charge in [0.15, 0.2) is 0 Å². The van der Waals surface area contributed by atoms with Gasteiger partial charge in [-0.3, -0.25) is 29.3 Å². The molecule has 3 aliphatic heterocycles. The number of piperidine rings is 3. The van der Waals surface area contributed by atoms with E-state index in [-0.39, 0.29) is 35.5 Å². The number of aromatic nitrogens is 3. The molecule has 3 fully saturated rings. The standard InChI is InChI=1S/C23H23N3O.C17H18BrN3O.C11H13Br2N3O/c24-23(27)19-11-13-26(14-12-19)22-20(17-7-3-1-4-8-17)15-25-16-21(22)18-9-5-2-6-10-18;18-15-11-20-10-14(12-4-2-1-3-5-12)16(15)21-8-6-13(7-9-21)17(19)22;12-8-5-15-6-9(13)10(8)16-3-1-7(2-4-16)11(14)17/h1-10,15-16,19H,11-14H2,(H2,24,27);1-5,10-11,13H,6-9H2,(H2,19,22);5-7H,1-4H2,(H2,14,17). The van der Waals surface area contributed by atoms with E-state index >= 15 is 0 Å². The summed E-state index contributed by atoms with van der Waals surface area (Å²) in [6, 6.07) is 30.9. The zero-order valence-electron chi connectivity index (χ0n) is 36.6. The van der Waals surface area contributed by atoms with Crippen molar-refractivity contribution in [2.24, 2.45) is 35.0 Å². The first-order valence-electron chi connectivity index (χ1n) is 22.2. The van der Waals surface area contributed by atoms with Gasteiger partial charge in [0.05, 0.1) is 30.5 Å². The fourth-order valence-corrected chi connectivity index (χ4v) is 10.9. The molecule has 3 amide bonds. The summed E-state index contributed by atoms with van der Waals surface area (Å²) in [6.45, 7) is 4.98. The third-order valence-electron chi connectivity index (χ3n) is 12.5. The lowest BCUT2D eigenvalue weighted by atomic mass is 9.92. The Kier molecular flexibility index (Phi) is 17.0. The number of carbonyl (C=O) groups excluding carboxylic acids is 3. The molecule has 9 rings (SSSR count). The van der Waals surface area contributed by atoms with Gasteiger partial charge in [0, 0.05) is 111 Å². The number of carbonyl (C=O) groups is 3. The van der Waals surface area contributed by atoms with Crippen LogP contribution in [-0.4, -0.2) is 71.9 Å². The number of pyridine rings is 3. The molecule has 0 bridgehead atoms. The van der Waals surface area contributed by atoms with Crippen LogP contribution in [0.3, 0.4) is 0 Å². The Morgan fingerprint density at radius 2 is 0.652 bits per heavy atom. The molecule has 15 heteroatoms.